The SMILES string of the molecule is O=C(O)N1CCC2(CC2)C1. The van der Waals surface area contributed by atoms with Gasteiger partial charge in [-0.1, -0.05) is 0 Å². The second kappa shape index (κ2) is 1.65. The van der Waals surface area contributed by atoms with Gasteiger partial charge < -0.3 is 10.0 Å². The Morgan fingerprint density at radius 3 is 2.40 bits per heavy atom. The number of carbonyl (C=O) groups is 1. The van der Waals surface area contributed by atoms with Crippen molar-refractivity contribution in [2.24, 2.45) is 5.41 Å². The van der Waals surface area contributed by atoms with Gasteiger partial charge in [-0.15, -0.1) is 0 Å². The van der Waals surface area contributed by atoms with Gasteiger partial charge in [0.15, 0.2) is 0 Å². The highest BCUT2D eigenvalue weighted by Gasteiger charge is 2.48. The van der Waals surface area contributed by atoms with Gasteiger partial charge in [0.05, 0.1) is 0 Å². The molecule has 3 heteroatoms. The summed E-state index contributed by atoms with van der Waals surface area (Å²) in [5.41, 5.74) is 0.443. The molecule has 0 aromatic heterocycles. The van der Waals surface area contributed by atoms with E-state index < -0.39 is 6.09 Å². The van der Waals surface area contributed by atoms with Crippen LogP contribution < -0.4 is 0 Å². The van der Waals surface area contributed by atoms with Gasteiger partial charge in [-0.25, -0.2) is 4.79 Å². The normalized spacial score (nSPS) is 27.4. The highest BCUT2D eigenvalue weighted by Crippen LogP contribution is 2.52. The monoisotopic (exact) mass is 141 g/mol. The molecule has 1 N–H and O–H groups in total. The van der Waals surface area contributed by atoms with Crippen molar-refractivity contribution in [3.8, 4) is 0 Å². The van der Waals surface area contributed by atoms with Gasteiger partial charge in [0.2, 0.25) is 0 Å². The van der Waals surface area contributed by atoms with Gasteiger partial charge in [-0.3, -0.25) is 0 Å². The van der Waals surface area contributed by atoms with Crippen molar-refractivity contribution in [3.63, 3.8) is 0 Å². The van der Waals surface area contributed by atoms with Crippen molar-refractivity contribution < 1.29 is 9.90 Å². The summed E-state index contributed by atoms with van der Waals surface area (Å²) in [6.45, 7) is 1.55. The molecule has 1 saturated carbocycles. The molecule has 1 saturated heterocycles. The molecule has 10 heavy (non-hydrogen) atoms. The van der Waals surface area contributed by atoms with Gasteiger partial charge in [-0.05, 0) is 24.7 Å². The highest BCUT2D eigenvalue weighted by molar-refractivity contribution is 5.65. The molecule has 2 fully saturated rings. The maximum absolute atomic E-state index is 10.4. The minimum Gasteiger partial charge on any atom is -0.465 e. The number of likely N-dealkylation sites (tertiary alicyclic amines) is 1. The second-order valence-electron chi connectivity index (χ2n) is 3.45. The van der Waals surface area contributed by atoms with Crippen molar-refractivity contribution >= 4 is 6.09 Å². The minimum absolute atomic E-state index is 0.443. The largest absolute Gasteiger partial charge is 0.465 e. The maximum atomic E-state index is 10.4. The predicted octanol–water partition coefficient (Wildman–Crippen LogP) is 1.15. The molecular weight excluding hydrogens is 130 g/mol. The Morgan fingerprint density at radius 1 is 1.40 bits per heavy atom. The Balaban J connectivity index is 1.99. The zero-order chi connectivity index (χ0) is 7.19. The third-order valence-corrected chi connectivity index (χ3v) is 2.67. The van der Waals surface area contributed by atoms with Crippen molar-refractivity contribution in [3.05, 3.63) is 0 Å². The average molecular weight is 141 g/mol. The molecule has 0 bridgehead atoms. The van der Waals surface area contributed by atoms with Gasteiger partial charge in [0.1, 0.15) is 0 Å². The van der Waals surface area contributed by atoms with E-state index in [1.807, 2.05) is 0 Å². The summed E-state index contributed by atoms with van der Waals surface area (Å²) < 4.78 is 0. The third-order valence-electron chi connectivity index (χ3n) is 2.67. The Bertz CT molecular complexity index is 174. The second-order valence-corrected chi connectivity index (χ2v) is 3.45. The molecule has 1 heterocycles. The van der Waals surface area contributed by atoms with Gasteiger partial charge in [0, 0.05) is 13.1 Å². The summed E-state index contributed by atoms with van der Waals surface area (Å²) in [5.74, 6) is 0. The van der Waals surface area contributed by atoms with Crippen LogP contribution in [0.5, 0.6) is 0 Å². The van der Waals surface area contributed by atoms with E-state index in [-0.39, 0.29) is 0 Å². The Labute approximate surface area is 59.6 Å². The smallest absolute Gasteiger partial charge is 0.407 e. The van der Waals surface area contributed by atoms with Crippen LogP contribution in [0.15, 0.2) is 0 Å². The van der Waals surface area contributed by atoms with Crippen LogP contribution in [-0.2, 0) is 0 Å². The molecule has 2 rings (SSSR count). The molecule has 1 amide bonds. The number of hydrogen-bond acceptors (Lipinski definition) is 1. The van der Waals surface area contributed by atoms with Crippen LogP contribution in [0.3, 0.4) is 0 Å². The predicted molar refractivity (Wildman–Crippen MR) is 35.9 cm³/mol. The first kappa shape index (κ1) is 6.01. The maximum Gasteiger partial charge on any atom is 0.407 e. The fourth-order valence-electron chi connectivity index (χ4n) is 1.68. The topological polar surface area (TPSA) is 40.5 Å². The third kappa shape index (κ3) is 0.770. The number of nitrogens with zero attached hydrogens (tertiary/aromatic N) is 1. The van der Waals surface area contributed by atoms with E-state index in [0.717, 1.165) is 19.5 Å². The molecule has 56 valence electrons. The van der Waals surface area contributed by atoms with E-state index in [9.17, 15) is 4.79 Å². The summed E-state index contributed by atoms with van der Waals surface area (Å²) in [5, 5.41) is 8.60. The Hall–Kier alpha value is -0.730. The molecule has 3 nitrogen and oxygen atoms in total. The number of hydrogen-bond donors (Lipinski definition) is 1. The molecule has 0 unspecified atom stereocenters. The fourth-order valence-corrected chi connectivity index (χ4v) is 1.68. The summed E-state index contributed by atoms with van der Waals surface area (Å²) in [6, 6.07) is 0. The lowest BCUT2D eigenvalue weighted by Crippen LogP contribution is -2.26. The zero-order valence-corrected chi connectivity index (χ0v) is 5.84. The van der Waals surface area contributed by atoms with Crippen LogP contribution in [0.4, 0.5) is 4.79 Å². The Morgan fingerprint density at radius 2 is 2.10 bits per heavy atom. The average Bonchev–Trinajstić information content (AvgIpc) is 2.41. The molecule has 2 aliphatic rings. The van der Waals surface area contributed by atoms with E-state index in [1.54, 1.807) is 0 Å². The lowest BCUT2D eigenvalue weighted by molar-refractivity contribution is 0.153. The lowest BCUT2D eigenvalue weighted by Gasteiger charge is -2.10. The van der Waals surface area contributed by atoms with Crippen molar-refractivity contribution in [2.75, 3.05) is 13.1 Å². The molecule has 0 aromatic rings. The van der Waals surface area contributed by atoms with Crippen molar-refractivity contribution in [2.45, 2.75) is 19.3 Å². The van der Waals surface area contributed by atoms with Crippen LogP contribution in [0.1, 0.15) is 19.3 Å². The van der Waals surface area contributed by atoms with Crippen LogP contribution >= 0.6 is 0 Å². The molecule has 0 atom stereocenters. The zero-order valence-electron chi connectivity index (χ0n) is 5.84. The summed E-state index contributed by atoms with van der Waals surface area (Å²) in [6.07, 6.45) is 2.84. The van der Waals surface area contributed by atoms with Crippen molar-refractivity contribution in [1.29, 1.82) is 0 Å². The first-order valence-electron chi connectivity index (χ1n) is 3.70. The van der Waals surface area contributed by atoms with Gasteiger partial charge in [0.25, 0.3) is 0 Å². The molecule has 1 aliphatic heterocycles. The first-order valence-corrected chi connectivity index (χ1v) is 3.70. The molecular formula is C7H11NO2. The summed E-state index contributed by atoms with van der Waals surface area (Å²) in [7, 11) is 0. The van der Waals surface area contributed by atoms with E-state index in [0.29, 0.717) is 5.41 Å². The van der Waals surface area contributed by atoms with E-state index in [2.05, 4.69) is 0 Å². The minimum atomic E-state index is -0.747. The molecule has 0 radical (unpaired) electrons. The van der Waals surface area contributed by atoms with Gasteiger partial charge in [-0.2, -0.15) is 0 Å². The van der Waals surface area contributed by atoms with Crippen LogP contribution in [0.2, 0.25) is 0 Å². The standard InChI is InChI=1S/C7H11NO2/c9-6(10)8-4-3-7(5-8)1-2-7/h1-5H2,(H,9,10). The van der Waals surface area contributed by atoms with Crippen LogP contribution in [-0.4, -0.2) is 29.2 Å². The van der Waals surface area contributed by atoms with Crippen LogP contribution in [0.25, 0.3) is 0 Å². The molecule has 1 aliphatic carbocycles. The number of carboxylic acid groups (broad SMARTS) is 1. The number of amides is 1. The quantitative estimate of drug-likeness (QED) is 0.549. The first-order chi connectivity index (χ1) is 4.72. The summed E-state index contributed by atoms with van der Waals surface area (Å²) >= 11 is 0. The molecule has 0 aromatic carbocycles. The van der Waals surface area contributed by atoms with Crippen molar-refractivity contribution in [1.82, 2.24) is 4.90 Å². The highest BCUT2D eigenvalue weighted by atomic mass is 16.4. The summed E-state index contributed by atoms with van der Waals surface area (Å²) in [4.78, 5) is 12.0. The Kier molecular flexibility index (Phi) is 0.993. The lowest BCUT2D eigenvalue weighted by atomic mass is 10.1. The van der Waals surface area contributed by atoms with E-state index >= 15 is 0 Å². The molecule has 1 spiro atoms. The number of rotatable bonds is 0. The fraction of sp³-hybridized carbons (Fsp3) is 0.857. The van der Waals surface area contributed by atoms with E-state index in [4.69, 9.17) is 5.11 Å². The van der Waals surface area contributed by atoms with Crippen LogP contribution in [0, 0.1) is 5.41 Å². The van der Waals surface area contributed by atoms with E-state index in [1.165, 1.54) is 17.7 Å². The van der Waals surface area contributed by atoms with Gasteiger partial charge >= 0.3 is 6.09 Å².